The van der Waals surface area contributed by atoms with Crippen LogP contribution in [-0.4, -0.2) is 35.3 Å². The number of nitrogens with two attached hydrogens (primary N) is 1. The van der Waals surface area contributed by atoms with E-state index >= 15 is 0 Å². The van der Waals surface area contributed by atoms with Gasteiger partial charge >= 0.3 is 0 Å². The van der Waals surface area contributed by atoms with Crippen molar-refractivity contribution in [3.63, 3.8) is 0 Å². The highest BCUT2D eigenvalue weighted by Gasteiger charge is 2.34. The maximum Gasteiger partial charge on any atom is 0.243 e. The second-order valence-corrected chi connectivity index (χ2v) is 7.21. The molecule has 2 atom stereocenters. The number of hydrogen-bond donors (Lipinski definition) is 2. The number of nitrogens with zero attached hydrogens (tertiary/aromatic N) is 1. The molecule has 1 aliphatic heterocycles. The molecule has 1 aliphatic rings. The Kier molecular flexibility index (Phi) is 6.76. The maximum atomic E-state index is 13.8. The first kappa shape index (κ1) is 20.0. The quantitative estimate of drug-likeness (QED) is 0.771. The molecule has 0 radical (unpaired) electrons. The van der Waals surface area contributed by atoms with E-state index in [1.54, 1.807) is 23.1 Å². The van der Waals surface area contributed by atoms with Crippen LogP contribution in [0.3, 0.4) is 0 Å². The third-order valence-corrected chi connectivity index (χ3v) is 5.06. The molecule has 148 valence electrons. The molecule has 28 heavy (non-hydrogen) atoms. The molecule has 1 heterocycles. The summed E-state index contributed by atoms with van der Waals surface area (Å²) >= 11 is 0. The predicted molar refractivity (Wildman–Crippen MR) is 106 cm³/mol. The molecule has 3 N–H and O–H groups in total. The number of likely N-dealkylation sites (tertiary alicyclic amines) is 1. The zero-order valence-corrected chi connectivity index (χ0v) is 15.8. The molecular formula is C22H26FN3O2. The summed E-state index contributed by atoms with van der Waals surface area (Å²) in [7, 11) is 0. The number of carbonyl (C=O) groups is 2. The first-order valence-electron chi connectivity index (χ1n) is 9.64. The van der Waals surface area contributed by atoms with E-state index in [0.29, 0.717) is 25.1 Å². The fraction of sp³-hybridized carbons (Fsp3) is 0.364. The highest BCUT2D eigenvalue weighted by Crippen LogP contribution is 2.20. The summed E-state index contributed by atoms with van der Waals surface area (Å²) in [6.45, 7) is 0.986. The summed E-state index contributed by atoms with van der Waals surface area (Å²) < 4.78 is 13.8. The van der Waals surface area contributed by atoms with E-state index in [2.05, 4.69) is 5.32 Å². The second-order valence-electron chi connectivity index (χ2n) is 7.21. The Morgan fingerprint density at radius 1 is 1.14 bits per heavy atom. The molecule has 5 nitrogen and oxygen atoms in total. The Morgan fingerprint density at radius 2 is 1.86 bits per heavy atom. The molecule has 6 heteroatoms. The SMILES string of the molecule is NC(CC(=O)N1CCC[C@H]1C(=O)NCc1ccccc1)Cc1ccccc1F. The van der Waals surface area contributed by atoms with Gasteiger partial charge in [-0.15, -0.1) is 0 Å². The van der Waals surface area contributed by atoms with Crippen LogP contribution in [0.1, 0.15) is 30.4 Å². The number of halogens is 1. The molecule has 2 aromatic carbocycles. The number of nitrogens with one attached hydrogen (secondary N) is 1. The van der Waals surface area contributed by atoms with Crippen molar-refractivity contribution in [3.8, 4) is 0 Å². The monoisotopic (exact) mass is 383 g/mol. The van der Waals surface area contributed by atoms with Crippen molar-refractivity contribution < 1.29 is 14.0 Å². The van der Waals surface area contributed by atoms with Gasteiger partial charge < -0.3 is 16.0 Å². The van der Waals surface area contributed by atoms with Crippen LogP contribution in [0.4, 0.5) is 4.39 Å². The Labute approximate surface area is 164 Å². The average molecular weight is 383 g/mol. The lowest BCUT2D eigenvalue weighted by Gasteiger charge is -2.25. The van der Waals surface area contributed by atoms with Crippen molar-refractivity contribution in [3.05, 3.63) is 71.5 Å². The number of benzene rings is 2. The molecule has 0 saturated carbocycles. The normalized spacial score (nSPS) is 17.4. The molecule has 1 saturated heterocycles. The van der Waals surface area contributed by atoms with Gasteiger partial charge in [0.2, 0.25) is 11.8 Å². The van der Waals surface area contributed by atoms with Gasteiger partial charge in [-0.25, -0.2) is 4.39 Å². The Morgan fingerprint density at radius 3 is 2.61 bits per heavy atom. The van der Waals surface area contributed by atoms with Crippen molar-refractivity contribution in [2.75, 3.05) is 6.54 Å². The van der Waals surface area contributed by atoms with Crippen molar-refractivity contribution in [2.45, 2.75) is 44.3 Å². The van der Waals surface area contributed by atoms with Crippen LogP contribution in [0.2, 0.25) is 0 Å². The zero-order valence-electron chi connectivity index (χ0n) is 15.8. The highest BCUT2D eigenvalue weighted by molar-refractivity contribution is 5.88. The number of amides is 2. The van der Waals surface area contributed by atoms with Gasteiger partial charge in [0.1, 0.15) is 11.9 Å². The van der Waals surface area contributed by atoms with Gasteiger partial charge in [-0.3, -0.25) is 9.59 Å². The van der Waals surface area contributed by atoms with Crippen LogP contribution in [0, 0.1) is 5.82 Å². The third-order valence-electron chi connectivity index (χ3n) is 5.06. The first-order valence-corrected chi connectivity index (χ1v) is 9.64. The minimum Gasteiger partial charge on any atom is -0.350 e. The lowest BCUT2D eigenvalue weighted by molar-refractivity contribution is -0.138. The second kappa shape index (κ2) is 9.46. The van der Waals surface area contributed by atoms with E-state index in [0.717, 1.165) is 12.0 Å². The summed E-state index contributed by atoms with van der Waals surface area (Å²) in [5.41, 5.74) is 7.60. The summed E-state index contributed by atoms with van der Waals surface area (Å²) in [6, 6.07) is 15.1. The molecular weight excluding hydrogens is 357 g/mol. The smallest absolute Gasteiger partial charge is 0.243 e. The average Bonchev–Trinajstić information content (AvgIpc) is 3.19. The van der Waals surface area contributed by atoms with Gasteiger partial charge in [-0.05, 0) is 36.5 Å². The van der Waals surface area contributed by atoms with Gasteiger partial charge in [0.15, 0.2) is 0 Å². The van der Waals surface area contributed by atoms with Crippen molar-refractivity contribution in [2.24, 2.45) is 5.73 Å². The van der Waals surface area contributed by atoms with Crippen LogP contribution in [-0.2, 0) is 22.6 Å². The van der Waals surface area contributed by atoms with Gasteiger partial charge in [0.05, 0.1) is 0 Å². The topological polar surface area (TPSA) is 75.4 Å². The molecule has 3 rings (SSSR count). The van der Waals surface area contributed by atoms with E-state index in [9.17, 15) is 14.0 Å². The fourth-order valence-corrected chi connectivity index (χ4v) is 3.60. The molecule has 0 aromatic heterocycles. The van der Waals surface area contributed by atoms with Gasteiger partial charge in [0.25, 0.3) is 0 Å². The van der Waals surface area contributed by atoms with Crippen molar-refractivity contribution in [1.29, 1.82) is 0 Å². The Balaban J connectivity index is 1.53. The van der Waals surface area contributed by atoms with Crippen LogP contribution >= 0.6 is 0 Å². The van der Waals surface area contributed by atoms with Crippen LogP contribution in [0.25, 0.3) is 0 Å². The largest absolute Gasteiger partial charge is 0.350 e. The molecule has 1 unspecified atom stereocenters. The lowest BCUT2D eigenvalue weighted by Crippen LogP contribution is -2.47. The van der Waals surface area contributed by atoms with E-state index < -0.39 is 12.1 Å². The standard InChI is InChI=1S/C22H26FN3O2/c23-19-10-5-4-9-17(19)13-18(24)14-21(27)26-12-6-11-20(26)22(28)25-15-16-7-2-1-3-8-16/h1-5,7-10,18,20H,6,11-15,24H2,(H,25,28)/t18?,20-/m0/s1. The number of carbonyl (C=O) groups excluding carboxylic acids is 2. The van der Waals surface area contributed by atoms with Gasteiger partial charge in [-0.2, -0.15) is 0 Å². The number of rotatable bonds is 7. The van der Waals surface area contributed by atoms with Crippen molar-refractivity contribution >= 4 is 11.8 Å². The molecule has 2 aromatic rings. The molecule has 2 amide bonds. The van der Waals surface area contributed by atoms with E-state index in [4.69, 9.17) is 5.73 Å². The maximum absolute atomic E-state index is 13.8. The summed E-state index contributed by atoms with van der Waals surface area (Å²) in [6.07, 6.45) is 1.82. The Hall–Kier alpha value is -2.73. The molecule has 0 aliphatic carbocycles. The molecule has 1 fully saturated rings. The van der Waals surface area contributed by atoms with E-state index in [1.807, 2.05) is 30.3 Å². The predicted octanol–water partition coefficient (Wildman–Crippen LogP) is 2.39. The fourth-order valence-electron chi connectivity index (χ4n) is 3.60. The summed E-state index contributed by atoms with van der Waals surface area (Å²) in [4.78, 5) is 26.9. The zero-order chi connectivity index (χ0) is 19.9. The van der Waals surface area contributed by atoms with Crippen LogP contribution < -0.4 is 11.1 Å². The first-order chi connectivity index (χ1) is 13.5. The lowest BCUT2D eigenvalue weighted by atomic mass is 10.0. The molecule has 0 spiro atoms. The van der Waals surface area contributed by atoms with Crippen molar-refractivity contribution in [1.82, 2.24) is 10.2 Å². The van der Waals surface area contributed by atoms with Gasteiger partial charge in [-0.1, -0.05) is 48.5 Å². The van der Waals surface area contributed by atoms with E-state index in [1.165, 1.54) is 6.07 Å². The minimum atomic E-state index is -0.488. The summed E-state index contributed by atoms with van der Waals surface area (Å²) in [5, 5.41) is 2.91. The molecule has 0 bridgehead atoms. The highest BCUT2D eigenvalue weighted by atomic mass is 19.1. The van der Waals surface area contributed by atoms with Gasteiger partial charge in [0, 0.05) is 25.6 Å². The summed E-state index contributed by atoms with van der Waals surface area (Å²) in [5.74, 6) is -0.608. The Bertz CT molecular complexity index is 812. The van der Waals surface area contributed by atoms with Crippen LogP contribution in [0.5, 0.6) is 0 Å². The van der Waals surface area contributed by atoms with E-state index in [-0.39, 0.29) is 30.5 Å². The minimum absolute atomic E-state index is 0.0940. The number of hydrogen-bond acceptors (Lipinski definition) is 3. The van der Waals surface area contributed by atoms with Crippen LogP contribution in [0.15, 0.2) is 54.6 Å². The third kappa shape index (κ3) is 5.16.